The molecule has 0 amide bonds. The Morgan fingerprint density at radius 1 is 1.35 bits per heavy atom. The highest BCUT2D eigenvalue weighted by molar-refractivity contribution is 6.35. The number of hydrogen-bond acceptors (Lipinski definition) is 2. The van der Waals surface area contributed by atoms with Gasteiger partial charge in [-0.2, -0.15) is 0 Å². The van der Waals surface area contributed by atoms with E-state index in [0.717, 1.165) is 30.6 Å². The second kappa shape index (κ2) is 5.76. The first kappa shape index (κ1) is 12.7. The zero-order valence-corrected chi connectivity index (χ0v) is 11.0. The average molecular weight is 272 g/mol. The van der Waals surface area contributed by atoms with Gasteiger partial charge in [0.05, 0.1) is 12.9 Å². The summed E-state index contributed by atoms with van der Waals surface area (Å²) >= 11 is 12.0. The van der Waals surface area contributed by atoms with E-state index in [4.69, 9.17) is 33.7 Å². The number of ether oxygens (including phenoxy) is 1. The molecular weight excluding hydrogens is 257 g/mol. The molecule has 1 atom stereocenters. The van der Waals surface area contributed by atoms with Gasteiger partial charge in [-0.15, -0.1) is 0 Å². The van der Waals surface area contributed by atoms with Crippen LogP contribution in [0.5, 0.6) is 0 Å². The maximum Gasteiger partial charge on any atom is 0.0876 e. The summed E-state index contributed by atoms with van der Waals surface area (Å²) in [6.07, 6.45) is 4.55. The summed E-state index contributed by atoms with van der Waals surface area (Å²) in [5, 5.41) is 1.32. The van der Waals surface area contributed by atoms with E-state index >= 15 is 0 Å². The fraction of sp³-hybridized carbons (Fsp3) is 0.385. The summed E-state index contributed by atoms with van der Waals surface area (Å²) < 4.78 is 5.29. The Hall–Kier alpha value is -0.700. The summed E-state index contributed by atoms with van der Waals surface area (Å²) in [4.78, 5) is 0. The van der Waals surface area contributed by atoms with Crippen LogP contribution in [0.1, 0.15) is 18.4 Å². The van der Waals surface area contributed by atoms with Crippen molar-refractivity contribution in [2.24, 2.45) is 5.73 Å². The normalized spacial score (nSPS) is 17.2. The fourth-order valence-corrected chi connectivity index (χ4v) is 2.40. The quantitative estimate of drug-likeness (QED) is 0.913. The summed E-state index contributed by atoms with van der Waals surface area (Å²) in [5.41, 5.74) is 8.33. The predicted octanol–water partition coefficient (Wildman–Crippen LogP) is 3.56. The van der Waals surface area contributed by atoms with E-state index in [1.165, 1.54) is 0 Å². The molecule has 0 saturated heterocycles. The molecule has 0 saturated carbocycles. The van der Waals surface area contributed by atoms with Crippen LogP contribution in [0.3, 0.4) is 0 Å². The van der Waals surface area contributed by atoms with Crippen LogP contribution in [-0.2, 0) is 11.2 Å². The molecule has 1 aliphatic rings. The molecular formula is C13H15Cl2NO. The van der Waals surface area contributed by atoms with Crippen LogP contribution in [0, 0.1) is 0 Å². The smallest absolute Gasteiger partial charge is 0.0876 e. The van der Waals surface area contributed by atoms with Gasteiger partial charge in [0, 0.05) is 16.1 Å². The molecule has 0 aromatic heterocycles. The zero-order valence-electron chi connectivity index (χ0n) is 9.46. The Kier molecular flexibility index (Phi) is 4.32. The highest BCUT2D eigenvalue weighted by Gasteiger charge is 2.15. The third-order valence-corrected chi connectivity index (χ3v) is 3.48. The molecule has 1 aromatic carbocycles. The number of rotatable bonds is 3. The Labute approximate surface area is 111 Å². The molecule has 92 valence electrons. The standard InChI is InChI=1S/C13H15Cl2NO/c14-11-4-3-9(12(15)7-11)6-13(16)10-2-1-5-17-8-10/h3-4,7-8,13H,1-2,5-6,16H2. The maximum atomic E-state index is 6.15. The van der Waals surface area contributed by atoms with Crippen molar-refractivity contribution < 1.29 is 4.74 Å². The van der Waals surface area contributed by atoms with Crippen LogP contribution in [0.2, 0.25) is 10.0 Å². The summed E-state index contributed by atoms with van der Waals surface area (Å²) in [6.45, 7) is 0.790. The van der Waals surface area contributed by atoms with Gasteiger partial charge in [-0.05, 0) is 42.5 Å². The van der Waals surface area contributed by atoms with E-state index in [-0.39, 0.29) is 6.04 Å². The van der Waals surface area contributed by atoms with Gasteiger partial charge in [-0.3, -0.25) is 0 Å². The Morgan fingerprint density at radius 2 is 2.18 bits per heavy atom. The number of halogens is 2. The van der Waals surface area contributed by atoms with Crippen molar-refractivity contribution in [2.45, 2.75) is 25.3 Å². The molecule has 2 N–H and O–H groups in total. The van der Waals surface area contributed by atoms with Crippen LogP contribution in [0.4, 0.5) is 0 Å². The molecule has 2 nitrogen and oxygen atoms in total. The minimum absolute atomic E-state index is 0.0334. The molecule has 1 aromatic rings. The van der Waals surface area contributed by atoms with Gasteiger partial charge in [0.2, 0.25) is 0 Å². The summed E-state index contributed by atoms with van der Waals surface area (Å²) in [5.74, 6) is 0. The Bertz CT molecular complexity index is 431. The SMILES string of the molecule is NC(Cc1ccc(Cl)cc1Cl)C1=COCCC1. The number of nitrogens with two attached hydrogens (primary N) is 1. The van der Waals surface area contributed by atoms with Crippen LogP contribution in [0.15, 0.2) is 30.0 Å². The molecule has 1 heterocycles. The van der Waals surface area contributed by atoms with Crippen LogP contribution in [-0.4, -0.2) is 12.6 Å². The molecule has 4 heteroatoms. The molecule has 1 aliphatic heterocycles. The van der Waals surface area contributed by atoms with Gasteiger partial charge in [0.1, 0.15) is 0 Å². The van der Waals surface area contributed by atoms with Crippen LogP contribution >= 0.6 is 23.2 Å². The maximum absolute atomic E-state index is 6.15. The third kappa shape index (κ3) is 3.38. The molecule has 17 heavy (non-hydrogen) atoms. The summed E-state index contributed by atoms with van der Waals surface area (Å²) in [7, 11) is 0. The highest BCUT2D eigenvalue weighted by atomic mass is 35.5. The highest BCUT2D eigenvalue weighted by Crippen LogP contribution is 2.24. The van der Waals surface area contributed by atoms with Crippen molar-refractivity contribution >= 4 is 23.2 Å². The molecule has 2 rings (SSSR count). The van der Waals surface area contributed by atoms with Gasteiger partial charge in [0.15, 0.2) is 0 Å². The van der Waals surface area contributed by atoms with Gasteiger partial charge < -0.3 is 10.5 Å². The van der Waals surface area contributed by atoms with Gasteiger partial charge in [0.25, 0.3) is 0 Å². The van der Waals surface area contributed by atoms with E-state index in [2.05, 4.69) is 0 Å². The molecule has 1 unspecified atom stereocenters. The van der Waals surface area contributed by atoms with E-state index < -0.39 is 0 Å². The van der Waals surface area contributed by atoms with Gasteiger partial charge in [-0.1, -0.05) is 29.3 Å². The topological polar surface area (TPSA) is 35.2 Å². The summed E-state index contributed by atoms with van der Waals surface area (Å²) in [6, 6.07) is 5.47. The van der Waals surface area contributed by atoms with Crippen molar-refractivity contribution in [3.05, 3.63) is 45.6 Å². The van der Waals surface area contributed by atoms with E-state index in [0.29, 0.717) is 16.5 Å². The van der Waals surface area contributed by atoms with Crippen molar-refractivity contribution in [3.63, 3.8) is 0 Å². The second-order valence-corrected chi connectivity index (χ2v) is 5.06. The van der Waals surface area contributed by atoms with E-state index in [9.17, 15) is 0 Å². The molecule has 0 spiro atoms. The Balaban J connectivity index is 2.07. The second-order valence-electron chi connectivity index (χ2n) is 4.21. The Morgan fingerprint density at radius 3 is 2.82 bits per heavy atom. The first-order valence-corrected chi connectivity index (χ1v) is 6.42. The lowest BCUT2D eigenvalue weighted by Crippen LogP contribution is -2.27. The lowest BCUT2D eigenvalue weighted by molar-refractivity contribution is 0.221. The van der Waals surface area contributed by atoms with Crippen molar-refractivity contribution in [2.75, 3.05) is 6.61 Å². The molecule has 0 bridgehead atoms. The first-order chi connectivity index (χ1) is 8.16. The number of hydrogen-bond donors (Lipinski definition) is 1. The average Bonchev–Trinajstić information content (AvgIpc) is 2.34. The van der Waals surface area contributed by atoms with E-state index in [1.54, 1.807) is 12.3 Å². The van der Waals surface area contributed by atoms with Crippen molar-refractivity contribution in [3.8, 4) is 0 Å². The minimum Gasteiger partial charge on any atom is -0.501 e. The van der Waals surface area contributed by atoms with Gasteiger partial charge in [-0.25, -0.2) is 0 Å². The van der Waals surface area contributed by atoms with Crippen molar-refractivity contribution in [1.29, 1.82) is 0 Å². The van der Waals surface area contributed by atoms with Crippen LogP contribution in [0.25, 0.3) is 0 Å². The monoisotopic (exact) mass is 271 g/mol. The zero-order chi connectivity index (χ0) is 12.3. The molecule has 0 aliphatic carbocycles. The fourth-order valence-electron chi connectivity index (χ4n) is 1.91. The predicted molar refractivity (Wildman–Crippen MR) is 71.4 cm³/mol. The lowest BCUT2D eigenvalue weighted by atomic mass is 9.96. The molecule has 0 fully saturated rings. The van der Waals surface area contributed by atoms with Crippen molar-refractivity contribution in [1.82, 2.24) is 0 Å². The van der Waals surface area contributed by atoms with Gasteiger partial charge >= 0.3 is 0 Å². The van der Waals surface area contributed by atoms with E-state index in [1.807, 2.05) is 12.1 Å². The number of benzene rings is 1. The molecule has 0 radical (unpaired) electrons. The lowest BCUT2D eigenvalue weighted by Gasteiger charge is -2.20. The first-order valence-electron chi connectivity index (χ1n) is 5.67. The van der Waals surface area contributed by atoms with Crippen LogP contribution < -0.4 is 5.73 Å². The third-order valence-electron chi connectivity index (χ3n) is 2.89. The largest absolute Gasteiger partial charge is 0.501 e. The minimum atomic E-state index is -0.0334.